The number of rotatable bonds is 4. The predicted octanol–water partition coefficient (Wildman–Crippen LogP) is 4.55. The van der Waals surface area contributed by atoms with Gasteiger partial charge in [-0.2, -0.15) is 0 Å². The highest BCUT2D eigenvalue weighted by Gasteiger charge is 2.22. The zero-order valence-electron chi connectivity index (χ0n) is 12.4. The van der Waals surface area contributed by atoms with Crippen molar-refractivity contribution in [3.63, 3.8) is 0 Å². The number of aryl methyl sites for hydroxylation is 1. The van der Waals surface area contributed by atoms with E-state index in [4.69, 9.17) is 11.6 Å². The van der Waals surface area contributed by atoms with E-state index in [1.807, 2.05) is 13.1 Å². The van der Waals surface area contributed by atoms with Gasteiger partial charge in [0, 0.05) is 36.7 Å². The van der Waals surface area contributed by atoms with Crippen molar-refractivity contribution in [3.05, 3.63) is 47.5 Å². The fourth-order valence-corrected chi connectivity index (χ4v) is 3.02. The maximum Gasteiger partial charge on any atom is 0.139 e. The van der Waals surface area contributed by atoms with Gasteiger partial charge in [-0.05, 0) is 43.4 Å². The van der Waals surface area contributed by atoms with Gasteiger partial charge >= 0.3 is 0 Å². The number of hydrogen-bond donors (Lipinski definition) is 1. The number of nitrogens with zero attached hydrogens (tertiary/aromatic N) is 3. The zero-order chi connectivity index (χ0) is 15.1. The molecule has 1 fully saturated rings. The van der Waals surface area contributed by atoms with E-state index in [9.17, 15) is 0 Å². The van der Waals surface area contributed by atoms with Gasteiger partial charge in [0.2, 0.25) is 0 Å². The Bertz CT molecular complexity index is 816. The molecule has 0 saturated heterocycles. The van der Waals surface area contributed by atoms with Crippen LogP contribution in [0.1, 0.15) is 18.4 Å². The summed E-state index contributed by atoms with van der Waals surface area (Å²) in [5, 5.41) is 5.10. The Morgan fingerprint density at radius 3 is 2.95 bits per heavy atom. The number of halogens is 1. The lowest BCUT2D eigenvalue weighted by Gasteiger charge is -2.11. The fraction of sp³-hybridized carbons (Fsp3) is 0.294. The summed E-state index contributed by atoms with van der Waals surface area (Å²) in [4.78, 5) is 8.58. The molecule has 3 heterocycles. The molecule has 5 heteroatoms. The maximum absolute atomic E-state index is 6.25. The SMILES string of the molecule is Cc1cncc(Cl)c1Nc1nccc2c1ccn2CC1CC1. The van der Waals surface area contributed by atoms with Crippen LogP contribution in [0.15, 0.2) is 36.9 Å². The van der Waals surface area contributed by atoms with Gasteiger partial charge in [-0.3, -0.25) is 4.98 Å². The fourth-order valence-electron chi connectivity index (χ4n) is 2.77. The highest BCUT2D eigenvalue weighted by atomic mass is 35.5. The molecule has 1 aliphatic rings. The minimum atomic E-state index is 0.608. The van der Waals surface area contributed by atoms with Gasteiger partial charge in [0.1, 0.15) is 5.82 Å². The van der Waals surface area contributed by atoms with Crippen molar-refractivity contribution >= 4 is 34.0 Å². The Morgan fingerprint density at radius 1 is 1.32 bits per heavy atom. The Labute approximate surface area is 134 Å². The van der Waals surface area contributed by atoms with Crippen molar-refractivity contribution in [3.8, 4) is 0 Å². The van der Waals surface area contributed by atoms with Crippen molar-refractivity contribution in [2.45, 2.75) is 26.3 Å². The lowest BCUT2D eigenvalue weighted by atomic mass is 10.2. The molecule has 0 radical (unpaired) electrons. The van der Waals surface area contributed by atoms with Crippen LogP contribution in [-0.2, 0) is 6.54 Å². The first kappa shape index (κ1) is 13.6. The Kier molecular flexibility index (Phi) is 3.26. The molecule has 4 nitrogen and oxygen atoms in total. The number of fused-ring (bicyclic) bond motifs is 1. The van der Waals surface area contributed by atoms with Gasteiger partial charge in [0.05, 0.1) is 16.2 Å². The third-order valence-electron chi connectivity index (χ3n) is 4.18. The first-order chi connectivity index (χ1) is 10.7. The number of nitrogens with one attached hydrogen (secondary N) is 1. The molecule has 0 unspecified atom stereocenters. The molecule has 0 aliphatic heterocycles. The van der Waals surface area contributed by atoms with Crippen molar-refractivity contribution in [2.24, 2.45) is 5.92 Å². The second kappa shape index (κ2) is 5.29. The number of aromatic nitrogens is 3. The summed E-state index contributed by atoms with van der Waals surface area (Å²) in [6.45, 7) is 3.08. The second-order valence-electron chi connectivity index (χ2n) is 5.94. The Balaban J connectivity index is 1.74. The molecule has 22 heavy (non-hydrogen) atoms. The second-order valence-corrected chi connectivity index (χ2v) is 6.35. The highest BCUT2D eigenvalue weighted by molar-refractivity contribution is 6.33. The molecule has 3 aromatic heterocycles. The topological polar surface area (TPSA) is 42.7 Å². The van der Waals surface area contributed by atoms with Crippen molar-refractivity contribution in [2.75, 3.05) is 5.32 Å². The summed E-state index contributed by atoms with van der Waals surface area (Å²) in [7, 11) is 0. The molecule has 1 N–H and O–H groups in total. The van der Waals surface area contributed by atoms with Crippen LogP contribution in [0, 0.1) is 12.8 Å². The van der Waals surface area contributed by atoms with E-state index in [1.165, 1.54) is 18.4 Å². The van der Waals surface area contributed by atoms with Gasteiger partial charge in [-0.15, -0.1) is 0 Å². The van der Waals surface area contributed by atoms with E-state index >= 15 is 0 Å². The summed E-state index contributed by atoms with van der Waals surface area (Å²) >= 11 is 6.25. The van der Waals surface area contributed by atoms with Crippen LogP contribution in [0.5, 0.6) is 0 Å². The smallest absolute Gasteiger partial charge is 0.139 e. The van der Waals surface area contributed by atoms with Gasteiger partial charge in [0.25, 0.3) is 0 Å². The summed E-state index contributed by atoms with van der Waals surface area (Å²) in [6.07, 6.45) is 10.1. The van der Waals surface area contributed by atoms with E-state index in [0.29, 0.717) is 5.02 Å². The van der Waals surface area contributed by atoms with Crippen molar-refractivity contribution < 1.29 is 0 Å². The van der Waals surface area contributed by atoms with E-state index in [0.717, 1.165) is 34.9 Å². The number of anilines is 2. The molecule has 0 bridgehead atoms. The van der Waals surface area contributed by atoms with Gasteiger partial charge in [0.15, 0.2) is 0 Å². The van der Waals surface area contributed by atoms with E-state index in [2.05, 4.69) is 38.2 Å². The molecule has 1 saturated carbocycles. The predicted molar refractivity (Wildman–Crippen MR) is 89.7 cm³/mol. The lowest BCUT2D eigenvalue weighted by molar-refractivity contribution is 0.647. The molecule has 0 amide bonds. The van der Waals surface area contributed by atoms with Crippen LogP contribution in [0.25, 0.3) is 10.9 Å². The van der Waals surface area contributed by atoms with E-state index in [-0.39, 0.29) is 0 Å². The monoisotopic (exact) mass is 312 g/mol. The summed E-state index contributed by atoms with van der Waals surface area (Å²) in [6, 6.07) is 4.20. The molecule has 112 valence electrons. The molecule has 0 atom stereocenters. The standard InChI is InChI=1S/C17H17ClN4/c1-11-8-19-9-14(18)16(11)21-17-13-5-7-22(10-12-2-3-12)15(13)4-6-20-17/h4-9,12H,2-3,10H2,1H3,(H,19,20,21). The van der Waals surface area contributed by atoms with Crippen LogP contribution in [0.3, 0.4) is 0 Å². The highest BCUT2D eigenvalue weighted by Crippen LogP contribution is 2.34. The molecular formula is C17H17ClN4. The van der Waals surface area contributed by atoms with Crippen molar-refractivity contribution in [1.82, 2.24) is 14.5 Å². The Morgan fingerprint density at radius 2 is 2.18 bits per heavy atom. The minimum absolute atomic E-state index is 0.608. The first-order valence-electron chi connectivity index (χ1n) is 7.53. The third-order valence-corrected chi connectivity index (χ3v) is 4.47. The molecule has 0 aromatic carbocycles. The van der Waals surface area contributed by atoms with Gasteiger partial charge in [-0.1, -0.05) is 11.6 Å². The summed E-state index contributed by atoms with van der Waals surface area (Å²) in [5.41, 5.74) is 3.09. The van der Waals surface area contributed by atoms with E-state index in [1.54, 1.807) is 12.4 Å². The Hall–Kier alpha value is -2.07. The van der Waals surface area contributed by atoms with Crippen LogP contribution in [0.4, 0.5) is 11.5 Å². The molecule has 4 rings (SSSR count). The maximum atomic E-state index is 6.25. The zero-order valence-corrected chi connectivity index (χ0v) is 13.1. The van der Waals surface area contributed by atoms with Crippen LogP contribution >= 0.6 is 11.6 Å². The molecular weight excluding hydrogens is 296 g/mol. The molecule has 0 spiro atoms. The first-order valence-corrected chi connectivity index (χ1v) is 7.91. The average Bonchev–Trinajstić information content (AvgIpc) is 3.23. The lowest BCUT2D eigenvalue weighted by Crippen LogP contribution is -2.00. The number of hydrogen-bond acceptors (Lipinski definition) is 3. The van der Waals surface area contributed by atoms with Crippen LogP contribution in [-0.4, -0.2) is 14.5 Å². The number of pyridine rings is 2. The molecule has 1 aliphatic carbocycles. The van der Waals surface area contributed by atoms with Gasteiger partial charge < -0.3 is 9.88 Å². The van der Waals surface area contributed by atoms with E-state index < -0.39 is 0 Å². The summed E-state index contributed by atoms with van der Waals surface area (Å²) < 4.78 is 2.32. The van der Waals surface area contributed by atoms with Crippen molar-refractivity contribution in [1.29, 1.82) is 0 Å². The normalized spacial score (nSPS) is 14.5. The van der Waals surface area contributed by atoms with Crippen LogP contribution < -0.4 is 5.32 Å². The van der Waals surface area contributed by atoms with Gasteiger partial charge in [-0.25, -0.2) is 4.98 Å². The minimum Gasteiger partial charge on any atom is -0.347 e. The largest absolute Gasteiger partial charge is 0.347 e. The quantitative estimate of drug-likeness (QED) is 0.768. The third kappa shape index (κ3) is 2.44. The summed E-state index contributed by atoms with van der Waals surface area (Å²) in [5.74, 6) is 1.68. The van der Waals surface area contributed by atoms with Crippen LogP contribution in [0.2, 0.25) is 5.02 Å². The average molecular weight is 313 g/mol. The molecule has 3 aromatic rings.